The van der Waals surface area contributed by atoms with E-state index >= 15 is 0 Å². The summed E-state index contributed by atoms with van der Waals surface area (Å²) in [5, 5.41) is 0. The number of esters is 1. The lowest BCUT2D eigenvalue weighted by Crippen LogP contribution is -2.26. The van der Waals surface area contributed by atoms with Gasteiger partial charge in [0.25, 0.3) is 0 Å². The third-order valence-electron chi connectivity index (χ3n) is 2.74. The molecular weight excluding hydrogens is 140 g/mol. The Bertz CT molecular complexity index is 161. The normalized spacial score (nSPS) is 28.5. The summed E-state index contributed by atoms with van der Waals surface area (Å²) in [6, 6.07) is 0. The van der Waals surface area contributed by atoms with Crippen LogP contribution >= 0.6 is 0 Å². The summed E-state index contributed by atoms with van der Waals surface area (Å²) in [6.07, 6.45) is 3.30. The van der Waals surface area contributed by atoms with Crippen molar-refractivity contribution in [2.24, 2.45) is 11.3 Å². The molecule has 0 bridgehead atoms. The molecule has 64 valence electrons. The van der Waals surface area contributed by atoms with Gasteiger partial charge in [0.05, 0.1) is 13.0 Å². The molecule has 1 atom stereocenters. The third kappa shape index (κ3) is 1.55. The molecule has 1 aliphatic carbocycles. The highest BCUT2D eigenvalue weighted by atomic mass is 16.5. The lowest BCUT2D eigenvalue weighted by atomic mass is 9.82. The smallest absolute Gasteiger partial charge is 0.309 e. The minimum Gasteiger partial charge on any atom is -0.469 e. The van der Waals surface area contributed by atoms with Crippen molar-refractivity contribution in [1.82, 2.24) is 0 Å². The molecule has 0 aromatic rings. The van der Waals surface area contributed by atoms with E-state index in [0.29, 0.717) is 0 Å². The number of hydrogen-bond acceptors (Lipinski definition) is 2. The predicted octanol–water partition coefficient (Wildman–Crippen LogP) is 1.99. The fourth-order valence-corrected chi connectivity index (χ4v) is 1.91. The molecule has 0 aromatic heterocycles. The second-order valence-electron chi connectivity index (χ2n) is 3.96. The molecule has 1 aliphatic rings. The molecule has 0 saturated heterocycles. The van der Waals surface area contributed by atoms with E-state index in [1.807, 2.05) is 0 Å². The average molecular weight is 156 g/mol. The highest BCUT2D eigenvalue weighted by molar-refractivity contribution is 5.73. The van der Waals surface area contributed by atoms with E-state index in [4.69, 9.17) is 4.74 Å². The number of ether oxygens (including phenoxy) is 1. The quantitative estimate of drug-likeness (QED) is 0.543. The van der Waals surface area contributed by atoms with E-state index in [9.17, 15) is 4.79 Å². The van der Waals surface area contributed by atoms with Gasteiger partial charge in [-0.25, -0.2) is 0 Å². The fourth-order valence-electron chi connectivity index (χ4n) is 1.91. The maximum absolute atomic E-state index is 11.2. The standard InChI is InChI=1S/C9H16O2/c1-9(2)6-4-5-7(9)8(10)11-3/h7H,4-6H2,1-3H3/t7-/m1/s1. The average Bonchev–Trinajstić information content (AvgIpc) is 2.28. The van der Waals surface area contributed by atoms with Gasteiger partial charge in [0.2, 0.25) is 0 Å². The van der Waals surface area contributed by atoms with E-state index in [-0.39, 0.29) is 17.3 Å². The zero-order chi connectivity index (χ0) is 8.48. The topological polar surface area (TPSA) is 26.3 Å². The molecule has 0 unspecified atom stereocenters. The fraction of sp³-hybridized carbons (Fsp3) is 0.889. The van der Waals surface area contributed by atoms with Gasteiger partial charge in [0.15, 0.2) is 0 Å². The number of carbonyl (C=O) groups excluding carboxylic acids is 1. The maximum atomic E-state index is 11.2. The van der Waals surface area contributed by atoms with E-state index in [2.05, 4.69) is 13.8 Å². The maximum Gasteiger partial charge on any atom is 0.309 e. The van der Waals surface area contributed by atoms with Crippen molar-refractivity contribution in [3.8, 4) is 0 Å². The summed E-state index contributed by atoms with van der Waals surface area (Å²) < 4.78 is 4.73. The molecule has 11 heavy (non-hydrogen) atoms. The molecule has 0 aliphatic heterocycles. The van der Waals surface area contributed by atoms with E-state index in [1.165, 1.54) is 7.11 Å². The van der Waals surface area contributed by atoms with Crippen LogP contribution in [0.15, 0.2) is 0 Å². The number of methoxy groups -OCH3 is 1. The van der Waals surface area contributed by atoms with Crippen LogP contribution in [0.2, 0.25) is 0 Å². The first-order valence-electron chi connectivity index (χ1n) is 4.16. The van der Waals surface area contributed by atoms with Crippen LogP contribution in [0.1, 0.15) is 33.1 Å². The van der Waals surface area contributed by atoms with Gasteiger partial charge >= 0.3 is 5.97 Å². The van der Waals surface area contributed by atoms with E-state index < -0.39 is 0 Å². The van der Waals surface area contributed by atoms with Gasteiger partial charge in [-0.15, -0.1) is 0 Å². The van der Waals surface area contributed by atoms with Gasteiger partial charge in [0, 0.05) is 0 Å². The number of hydrogen-bond donors (Lipinski definition) is 0. The molecule has 0 spiro atoms. The number of rotatable bonds is 1. The van der Waals surface area contributed by atoms with Gasteiger partial charge in [-0.3, -0.25) is 4.79 Å². The lowest BCUT2D eigenvalue weighted by Gasteiger charge is -2.24. The summed E-state index contributed by atoms with van der Waals surface area (Å²) in [5.41, 5.74) is 0.160. The first kappa shape index (κ1) is 8.57. The predicted molar refractivity (Wildman–Crippen MR) is 43.1 cm³/mol. The van der Waals surface area contributed by atoms with Crippen LogP contribution in [0.4, 0.5) is 0 Å². The van der Waals surface area contributed by atoms with Crippen molar-refractivity contribution >= 4 is 5.97 Å². The summed E-state index contributed by atoms with van der Waals surface area (Å²) in [6.45, 7) is 4.28. The van der Waals surface area contributed by atoms with Crippen LogP contribution < -0.4 is 0 Å². The molecule has 2 nitrogen and oxygen atoms in total. The van der Waals surface area contributed by atoms with Crippen molar-refractivity contribution in [1.29, 1.82) is 0 Å². The van der Waals surface area contributed by atoms with Crippen molar-refractivity contribution in [2.45, 2.75) is 33.1 Å². The minimum atomic E-state index is -0.0347. The summed E-state index contributed by atoms with van der Waals surface area (Å²) in [5.74, 6) is 0.0972. The Balaban J connectivity index is 2.64. The SMILES string of the molecule is COC(=O)[C@H]1CCCC1(C)C. The molecule has 1 saturated carbocycles. The van der Waals surface area contributed by atoms with Crippen LogP contribution in [0.3, 0.4) is 0 Å². The lowest BCUT2D eigenvalue weighted by molar-refractivity contribution is -0.148. The molecule has 0 radical (unpaired) electrons. The summed E-state index contributed by atoms with van der Waals surface area (Å²) >= 11 is 0. The number of carbonyl (C=O) groups is 1. The Morgan fingerprint density at radius 1 is 1.55 bits per heavy atom. The molecule has 2 heteroatoms. The van der Waals surface area contributed by atoms with E-state index in [1.54, 1.807) is 0 Å². The Labute approximate surface area is 67.9 Å². The first-order chi connectivity index (χ1) is 5.08. The zero-order valence-electron chi connectivity index (χ0n) is 7.52. The van der Waals surface area contributed by atoms with Crippen LogP contribution in [-0.2, 0) is 9.53 Å². The Morgan fingerprint density at radius 3 is 2.55 bits per heavy atom. The van der Waals surface area contributed by atoms with Gasteiger partial charge < -0.3 is 4.74 Å². The molecular formula is C9H16O2. The third-order valence-corrected chi connectivity index (χ3v) is 2.74. The van der Waals surface area contributed by atoms with Crippen molar-refractivity contribution in [3.63, 3.8) is 0 Å². The monoisotopic (exact) mass is 156 g/mol. The zero-order valence-corrected chi connectivity index (χ0v) is 7.52. The van der Waals surface area contributed by atoms with Crippen LogP contribution in [0.25, 0.3) is 0 Å². The summed E-state index contributed by atoms with van der Waals surface area (Å²) in [4.78, 5) is 11.2. The van der Waals surface area contributed by atoms with Crippen molar-refractivity contribution < 1.29 is 9.53 Å². The Hall–Kier alpha value is -0.530. The first-order valence-corrected chi connectivity index (χ1v) is 4.16. The van der Waals surface area contributed by atoms with Gasteiger partial charge in [-0.05, 0) is 18.3 Å². The highest BCUT2D eigenvalue weighted by Gasteiger charge is 2.39. The second kappa shape index (κ2) is 2.84. The molecule has 0 amide bonds. The molecule has 1 fully saturated rings. The van der Waals surface area contributed by atoms with Gasteiger partial charge in [-0.2, -0.15) is 0 Å². The Kier molecular flexibility index (Phi) is 2.21. The molecule has 0 heterocycles. The minimum absolute atomic E-state index is 0.0347. The Morgan fingerprint density at radius 2 is 2.18 bits per heavy atom. The van der Waals surface area contributed by atoms with Crippen LogP contribution in [-0.4, -0.2) is 13.1 Å². The molecule has 0 N–H and O–H groups in total. The van der Waals surface area contributed by atoms with Gasteiger partial charge in [-0.1, -0.05) is 20.3 Å². The second-order valence-corrected chi connectivity index (χ2v) is 3.96. The molecule has 1 rings (SSSR count). The summed E-state index contributed by atoms with van der Waals surface area (Å²) in [7, 11) is 1.47. The van der Waals surface area contributed by atoms with E-state index in [0.717, 1.165) is 19.3 Å². The van der Waals surface area contributed by atoms with Gasteiger partial charge in [0.1, 0.15) is 0 Å². The van der Waals surface area contributed by atoms with Crippen molar-refractivity contribution in [3.05, 3.63) is 0 Å². The molecule has 0 aromatic carbocycles. The van der Waals surface area contributed by atoms with Crippen molar-refractivity contribution in [2.75, 3.05) is 7.11 Å². The van der Waals surface area contributed by atoms with Crippen LogP contribution in [0, 0.1) is 11.3 Å². The van der Waals surface area contributed by atoms with Crippen LogP contribution in [0.5, 0.6) is 0 Å². The highest BCUT2D eigenvalue weighted by Crippen LogP contribution is 2.42. The largest absolute Gasteiger partial charge is 0.469 e.